The van der Waals surface area contributed by atoms with Gasteiger partial charge in [0.15, 0.2) is 0 Å². The Hall–Kier alpha value is -2.11. The van der Waals surface area contributed by atoms with E-state index in [1.54, 1.807) is 12.1 Å². The fraction of sp³-hybridized carbons (Fsp3) is 0.125. The van der Waals surface area contributed by atoms with Gasteiger partial charge < -0.3 is 4.42 Å². The molecule has 2 amide bonds. The van der Waals surface area contributed by atoms with Crippen molar-refractivity contribution < 1.29 is 14.0 Å². The third kappa shape index (κ3) is 1.63. The summed E-state index contributed by atoms with van der Waals surface area (Å²) < 4.78 is 5.01. The summed E-state index contributed by atoms with van der Waals surface area (Å²) in [6.07, 6.45) is 1.53. The normalized spacial score (nSPS) is 15.3. The molecule has 2 rings (SSSR count). The lowest BCUT2D eigenvalue weighted by Gasteiger charge is -1.93. The molecule has 0 spiro atoms. The average molecular weight is 193 g/mol. The molecular formula is C8H7N3O3. The molecule has 1 aliphatic rings. The minimum atomic E-state index is -0.691. The largest absolute Gasteiger partial charge is 0.467 e. The molecule has 6 heteroatoms. The van der Waals surface area contributed by atoms with Crippen LogP contribution in [0.25, 0.3) is 0 Å². The molecule has 0 atom stereocenters. The second kappa shape index (κ2) is 3.33. The summed E-state index contributed by atoms with van der Waals surface area (Å²) in [5, 5.41) is 4.55. The predicted molar refractivity (Wildman–Crippen MR) is 46.1 cm³/mol. The highest BCUT2D eigenvalue weighted by Gasteiger charge is 2.24. The molecule has 0 bridgehead atoms. The Morgan fingerprint density at radius 3 is 2.57 bits per heavy atom. The average Bonchev–Trinajstić information content (AvgIpc) is 2.74. The van der Waals surface area contributed by atoms with Crippen molar-refractivity contribution in [1.29, 1.82) is 0 Å². The lowest BCUT2D eigenvalue weighted by Crippen LogP contribution is -2.25. The van der Waals surface area contributed by atoms with Gasteiger partial charge in [-0.25, -0.2) is 4.99 Å². The smallest absolute Gasteiger partial charge is 0.316 e. The van der Waals surface area contributed by atoms with Gasteiger partial charge in [-0.1, -0.05) is 0 Å². The molecule has 72 valence electrons. The number of guanidine groups is 1. The highest BCUT2D eigenvalue weighted by Crippen LogP contribution is 2.01. The van der Waals surface area contributed by atoms with Crippen molar-refractivity contribution in [3.05, 3.63) is 24.2 Å². The summed E-state index contributed by atoms with van der Waals surface area (Å²) >= 11 is 0. The van der Waals surface area contributed by atoms with Crippen molar-refractivity contribution in [2.24, 2.45) is 4.99 Å². The van der Waals surface area contributed by atoms with E-state index in [2.05, 4.69) is 15.6 Å². The zero-order chi connectivity index (χ0) is 9.97. The Morgan fingerprint density at radius 2 is 2.00 bits per heavy atom. The van der Waals surface area contributed by atoms with E-state index in [1.165, 1.54) is 6.26 Å². The van der Waals surface area contributed by atoms with E-state index in [4.69, 9.17) is 4.42 Å². The number of furan rings is 1. The maximum Gasteiger partial charge on any atom is 0.316 e. The molecule has 1 aromatic heterocycles. The predicted octanol–water partition coefficient (Wildman–Crippen LogP) is -0.618. The van der Waals surface area contributed by atoms with E-state index >= 15 is 0 Å². The van der Waals surface area contributed by atoms with E-state index in [9.17, 15) is 9.59 Å². The quantitative estimate of drug-likeness (QED) is 0.614. The molecule has 1 aliphatic heterocycles. The molecule has 0 unspecified atom stereocenters. The Bertz CT molecular complexity index is 376. The van der Waals surface area contributed by atoms with Crippen LogP contribution < -0.4 is 10.6 Å². The van der Waals surface area contributed by atoms with E-state index in [0.29, 0.717) is 5.76 Å². The van der Waals surface area contributed by atoms with Gasteiger partial charge in [0.1, 0.15) is 12.3 Å². The Kier molecular flexibility index (Phi) is 2.02. The zero-order valence-electron chi connectivity index (χ0n) is 7.11. The first kappa shape index (κ1) is 8.49. The van der Waals surface area contributed by atoms with E-state index in [0.717, 1.165) is 0 Å². The molecule has 0 radical (unpaired) electrons. The first-order chi connectivity index (χ1) is 6.75. The van der Waals surface area contributed by atoms with E-state index < -0.39 is 11.8 Å². The summed E-state index contributed by atoms with van der Waals surface area (Å²) in [6.45, 7) is 0.281. The van der Waals surface area contributed by atoms with Crippen molar-refractivity contribution >= 4 is 17.8 Å². The number of carbonyl (C=O) groups is 2. The number of nitrogens with zero attached hydrogens (tertiary/aromatic N) is 1. The second-order valence-corrected chi connectivity index (χ2v) is 2.65. The zero-order valence-corrected chi connectivity index (χ0v) is 7.11. The van der Waals surface area contributed by atoms with Gasteiger partial charge in [-0.05, 0) is 12.1 Å². The number of hydrogen-bond donors (Lipinski definition) is 2. The first-order valence-corrected chi connectivity index (χ1v) is 3.95. The van der Waals surface area contributed by atoms with Gasteiger partial charge in [-0.3, -0.25) is 20.2 Å². The van der Waals surface area contributed by atoms with Crippen LogP contribution in [-0.2, 0) is 16.1 Å². The van der Waals surface area contributed by atoms with Gasteiger partial charge in [0.05, 0.1) is 6.26 Å². The van der Waals surface area contributed by atoms with Gasteiger partial charge in [0, 0.05) is 0 Å². The molecule has 1 aromatic rings. The van der Waals surface area contributed by atoms with Crippen LogP contribution >= 0.6 is 0 Å². The maximum absolute atomic E-state index is 10.7. The van der Waals surface area contributed by atoms with E-state index in [-0.39, 0.29) is 12.5 Å². The van der Waals surface area contributed by atoms with Gasteiger partial charge in [-0.2, -0.15) is 0 Å². The Balaban J connectivity index is 2.00. The number of amides is 2. The number of aliphatic imine (C=N–C) groups is 1. The van der Waals surface area contributed by atoms with Crippen LogP contribution in [0.1, 0.15) is 5.76 Å². The topological polar surface area (TPSA) is 83.7 Å². The van der Waals surface area contributed by atoms with E-state index in [1.807, 2.05) is 0 Å². The molecule has 6 nitrogen and oxygen atoms in total. The lowest BCUT2D eigenvalue weighted by molar-refractivity contribution is -0.135. The molecule has 0 aromatic carbocycles. The second-order valence-electron chi connectivity index (χ2n) is 2.65. The fourth-order valence-corrected chi connectivity index (χ4v) is 0.998. The summed E-state index contributed by atoms with van der Waals surface area (Å²) in [6, 6.07) is 3.49. The molecule has 0 saturated carbocycles. The molecular weight excluding hydrogens is 186 g/mol. The number of hydrogen-bond acceptors (Lipinski definition) is 4. The molecule has 0 aliphatic carbocycles. The molecule has 1 saturated heterocycles. The Labute approximate surface area is 79.0 Å². The minimum absolute atomic E-state index is 0.163. The van der Waals surface area contributed by atoms with Gasteiger partial charge in [0.2, 0.25) is 5.96 Å². The lowest BCUT2D eigenvalue weighted by atomic mass is 10.5. The highest BCUT2D eigenvalue weighted by molar-refractivity contribution is 6.45. The first-order valence-electron chi connectivity index (χ1n) is 3.95. The summed E-state index contributed by atoms with van der Waals surface area (Å²) in [5.74, 6) is -0.560. The fourth-order valence-electron chi connectivity index (χ4n) is 0.998. The van der Waals surface area contributed by atoms with Crippen LogP contribution in [0, 0.1) is 0 Å². The maximum atomic E-state index is 10.7. The van der Waals surface area contributed by atoms with Crippen LogP contribution in [0.15, 0.2) is 27.8 Å². The van der Waals surface area contributed by atoms with Crippen LogP contribution in [0.3, 0.4) is 0 Å². The van der Waals surface area contributed by atoms with Crippen LogP contribution in [0.5, 0.6) is 0 Å². The van der Waals surface area contributed by atoms with Crippen molar-refractivity contribution in [3.8, 4) is 0 Å². The van der Waals surface area contributed by atoms with Crippen LogP contribution in [0.2, 0.25) is 0 Å². The number of carbonyl (C=O) groups excluding carboxylic acids is 2. The molecule has 2 N–H and O–H groups in total. The third-order valence-electron chi connectivity index (χ3n) is 1.64. The monoisotopic (exact) mass is 193 g/mol. The third-order valence-corrected chi connectivity index (χ3v) is 1.64. The SMILES string of the molecule is O=C1NC(=NCc2ccco2)NC1=O. The summed E-state index contributed by atoms with van der Waals surface area (Å²) in [5.41, 5.74) is 0. The standard InChI is InChI=1S/C8H7N3O3/c12-6-7(13)11-8(10-6)9-4-5-2-1-3-14-5/h1-3H,4H2,(H2,9,10,11,12,13). The molecule has 1 fully saturated rings. The van der Waals surface area contributed by atoms with Gasteiger partial charge in [-0.15, -0.1) is 0 Å². The Morgan fingerprint density at radius 1 is 1.29 bits per heavy atom. The van der Waals surface area contributed by atoms with Crippen molar-refractivity contribution in [2.45, 2.75) is 6.54 Å². The molecule has 14 heavy (non-hydrogen) atoms. The number of rotatable bonds is 2. The van der Waals surface area contributed by atoms with Crippen LogP contribution in [-0.4, -0.2) is 17.8 Å². The summed E-state index contributed by atoms with van der Waals surface area (Å²) in [4.78, 5) is 25.4. The number of nitrogens with one attached hydrogen (secondary N) is 2. The van der Waals surface area contributed by atoms with Crippen molar-refractivity contribution in [3.63, 3.8) is 0 Å². The minimum Gasteiger partial charge on any atom is -0.467 e. The highest BCUT2D eigenvalue weighted by atomic mass is 16.3. The van der Waals surface area contributed by atoms with Crippen molar-refractivity contribution in [1.82, 2.24) is 10.6 Å². The van der Waals surface area contributed by atoms with Gasteiger partial charge >= 0.3 is 11.8 Å². The van der Waals surface area contributed by atoms with Crippen LogP contribution in [0.4, 0.5) is 0 Å². The van der Waals surface area contributed by atoms with Crippen molar-refractivity contribution in [2.75, 3.05) is 0 Å². The molecule has 2 heterocycles. The van der Waals surface area contributed by atoms with Gasteiger partial charge in [0.25, 0.3) is 0 Å². The summed E-state index contributed by atoms with van der Waals surface area (Å²) in [7, 11) is 0.